The third-order valence-electron chi connectivity index (χ3n) is 1.88. The smallest absolute Gasteiger partial charge is 0.329 e. The van der Waals surface area contributed by atoms with Crippen molar-refractivity contribution < 1.29 is 24.2 Å². The number of hydrogen-bond acceptors (Lipinski definition) is 4. The summed E-state index contributed by atoms with van der Waals surface area (Å²) in [6, 6.07) is -0.416. The molecular weight excluding hydrogens is 242 g/mol. The topological polar surface area (TPSA) is 108 Å². The van der Waals surface area contributed by atoms with Gasteiger partial charge in [-0.2, -0.15) is 0 Å². The summed E-state index contributed by atoms with van der Waals surface area (Å²) in [6.07, 6.45) is 0.232. The molecule has 0 aliphatic carbocycles. The second kappa shape index (κ2) is 9.23. The van der Waals surface area contributed by atoms with Gasteiger partial charge in [0.25, 0.3) is 0 Å². The Kier molecular flexibility index (Phi) is 8.29. The molecule has 3 amide bonds. The highest BCUT2D eigenvalue weighted by Gasteiger charge is 2.05. The molecule has 0 saturated carbocycles. The fraction of sp³-hybridized carbons (Fsp3) is 0.700. The lowest BCUT2D eigenvalue weighted by molar-refractivity contribution is -0.142. The summed E-state index contributed by atoms with van der Waals surface area (Å²) in [6.45, 7) is 0.191. The first-order valence-corrected chi connectivity index (χ1v) is 5.45. The van der Waals surface area contributed by atoms with Crippen LogP contribution in [0.25, 0.3) is 0 Å². The Morgan fingerprint density at radius 2 is 1.78 bits per heavy atom. The molecule has 0 atom stereocenters. The highest BCUT2D eigenvalue weighted by molar-refractivity contribution is 5.77. The molecule has 0 saturated heterocycles. The van der Waals surface area contributed by atoms with Gasteiger partial charge in [0.2, 0.25) is 5.91 Å². The van der Waals surface area contributed by atoms with Gasteiger partial charge in [0, 0.05) is 33.6 Å². The molecule has 3 N–H and O–H groups in total. The number of hydrogen-bond donors (Lipinski definition) is 3. The molecular formula is C10H19N3O5. The quantitative estimate of drug-likeness (QED) is 0.479. The van der Waals surface area contributed by atoms with Crippen molar-refractivity contribution in [1.29, 1.82) is 0 Å². The van der Waals surface area contributed by atoms with Crippen molar-refractivity contribution >= 4 is 17.9 Å². The van der Waals surface area contributed by atoms with Gasteiger partial charge < -0.3 is 25.4 Å². The van der Waals surface area contributed by atoms with E-state index < -0.39 is 12.0 Å². The van der Waals surface area contributed by atoms with E-state index in [4.69, 9.17) is 9.84 Å². The Morgan fingerprint density at radius 1 is 1.17 bits per heavy atom. The van der Waals surface area contributed by atoms with E-state index in [1.54, 1.807) is 14.1 Å². The molecule has 18 heavy (non-hydrogen) atoms. The number of rotatable bonds is 8. The molecule has 0 heterocycles. The van der Waals surface area contributed by atoms with E-state index >= 15 is 0 Å². The third kappa shape index (κ3) is 9.40. The Hall–Kier alpha value is -1.83. The Labute approximate surface area is 105 Å². The highest BCUT2D eigenvalue weighted by atomic mass is 16.5. The van der Waals surface area contributed by atoms with Crippen LogP contribution in [-0.2, 0) is 14.3 Å². The van der Waals surface area contributed by atoms with Crippen LogP contribution in [-0.4, -0.2) is 68.3 Å². The lowest BCUT2D eigenvalue weighted by Gasteiger charge is -2.11. The van der Waals surface area contributed by atoms with Crippen LogP contribution in [0.2, 0.25) is 0 Å². The van der Waals surface area contributed by atoms with Gasteiger partial charge in [-0.25, -0.2) is 9.59 Å². The van der Waals surface area contributed by atoms with Crippen molar-refractivity contribution in [2.24, 2.45) is 0 Å². The molecule has 0 radical (unpaired) electrons. The van der Waals surface area contributed by atoms with E-state index in [0.717, 1.165) is 0 Å². The first kappa shape index (κ1) is 16.2. The Bertz CT molecular complexity index is 293. The number of carboxylic acids is 1. The van der Waals surface area contributed by atoms with E-state index in [1.165, 1.54) is 4.90 Å². The minimum absolute atomic E-state index is 0.0694. The minimum atomic E-state index is -1.05. The lowest BCUT2D eigenvalue weighted by Crippen LogP contribution is -2.39. The molecule has 104 valence electrons. The normalized spacial score (nSPS) is 9.67. The second-order valence-corrected chi connectivity index (χ2v) is 3.67. The zero-order chi connectivity index (χ0) is 14.0. The number of amides is 3. The first-order chi connectivity index (χ1) is 8.43. The van der Waals surface area contributed by atoms with Crippen LogP contribution < -0.4 is 10.6 Å². The van der Waals surface area contributed by atoms with Gasteiger partial charge in [0.15, 0.2) is 0 Å². The summed E-state index contributed by atoms with van der Waals surface area (Å²) >= 11 is 0. The SMILES string of the molecule is CN(C)C(=O)CCNC(=O)NCCOCC(=O)O. The predicted octanol–water partition coefficient (Wildman–Crippen LogP) is -1.13. The van der Waals surface area contributed by atoms with Gasteiger partial charge >= 0.3 is 12.0 Å². The van der Waals surface area contributed by atoms with Gasteiger partial charge in [-0.05, 0) is 0 Å². The minimum Gasteiger partial charge on any atom is -0.480 e. The van der Waals surface area contributed by atoms with E-state index in [0.29, 0.717) is 0 Å². The highest BCUT2D eigenvalue weighted by Crippen LogP contribution is 1.84. The number of aliphatic carboxylic acids is 1. The fourth-order valence-corrected chi connectivity index (χ4v) is 0.965. The standard InChI is InChI=1S/C10H19N3O5/c1-13(2)8(14)3-4-11-10(17)12-5-6-18-7-9(15)16/h3-7H2,1-2H3,(H,15,16)(H2,11,12,17). The average molecular weight is 261 g/mol. The largest absolute Gasteiger partial charge is 0.480 e. The maximum atomic E-state index is 11.2. The lowest BCUT2D eigenvalue weighted by atomic mass is 10.4. The molecule has 0 bridgehead atoms. The van der Waals surface area contributed by atoms with Crippen LogP contribution in [0.5, 0.6) is 0 Å². The van der Waals surface area contributed by atoms with Crippen LogP contribution in [0.15, 0.2) is 0 Å². The van der Waals surface area contributed by atoms with Crippen LogP contribution in [0.1, 0.15) is 6.42 Å². The third-order valence-corrected chi connectivity index (χ3v) is 1.88. The molecule has 0 aliphatic heterocycles. The van der Waals surface area contributed by atoms with Gasteiger partial charge in [-0.3, -0.25) is 4.79 Å². The molecule has 8 heteroatoms. The maximum absolute atomic E-state index is 11.2. The van der Waals surface area contributed by atoms with Crippen LogP contribution in [0, 0.1) is 0 Å². The number of carboxylic acid groups (broad SMARTS) is 1. The monoisotopic (exact) mass is 261 g/mol. The maximum Gasteiger partial charge on any atom is 0.329 e. The molecule has 0 fully saturated rings. The second-order valence-electron chi connectivity index (χ2n) is 3.67. The summed E-state index contributed by atoms with van der Waals surface area (Å²) in [5.74, 6) is -1.12. The van der Waals surface area contributed by atoms with Crippen LogP contribution in [0.4, 0.5) is 4.79 Å². The van der Waals surface area contributed by atoms with Crippen molar-refractivity contribution in [2.75, 3.05) is 40.4 Å². The summed E-state index contributed by atoms with van der Waals surface area (Å²) in [5.41, 5.74) is 0. The van der Waals surface area contributed by atoms with Gasteiger partial charge in [0.1, 0.15) is 6.61 Å². The molecule has 0 aromatic carbocycles. The molecule has 8 nitrogen and oxygen atoms in total. The van der Waals surface area contributed by atoms with E-state index in [-0.39, 0.29) is 38.6 Å². The molecule has 0 unspecified atom stereocenters. The summed E-state index contributed by atoms with van der Waals surface area (Å²) in [4.78, 5) is 33.9. The van der Waals surface area contributed by atoms with Crippen molar-refractivity contribution in [3.05, 3.63) is 0 Å². The summed E-state index contributed by atoms with van der Waals surface area (Å²) < 4.78 is 4.72. The first-order valence-electron chi connectivity index (χ1n) is 5.45. The van der Waals surface area contributed by atoms with Crippen molar-refractivity contribution in [1.82, 2.24) is 15.5 Å². The fourth-order valence-electron chi connectivity index (χ4n) is 0.965. The Balaban J connectivity index is 3.43. The average Bonchev–Trinajstić information content (AvgIpc) is 2.27. The zero-order valence-corrected chi connectivity index (χ0v) is 10.6. The van der Waals surface area contributed by atoms with Gasteiger partial charge in [-0.1, -0.05) is 0 Å². The van der Waals surface area contributed by atoms with E-state index in [9.17, 15) is 14.4 Å². The zero-order valence-electron chi connectivity index (χ0n) is 10.6. The molecule has 0 rings (SSSR count). The molecule has 0 spiro atoms. The van der Waals surface area contributed by atoms with Gasteiger partial charge in [0.05, 0.1) is 6.61 Å². The number of carbonyl (C=O) groups is 3. The summed E-state index contributed by atoms with van der Waals surface area (Å²) in [7, 11) is 3.28. The van der Waals surface area contributed by atoms with Gasteiger partial charge in [-0.15, -0.1) is 0 Å². The van der Waals surface area contributed by atoms with Crippen molar-refractivity contribution in [3.63, 3.8) is 0 Å². The number of urea groups is 1. The Morgan fingerprint density at radius 3 is 2.33 bits per heavy atom. The van der Waals surface area contributed by atoms with Crippen LogP contribution in [0.3, 0.4) is 0 Å². The van der Waals surface area contributed by atoms with E-state index in [2.05, 4.69) is 10.6 Å². The molecule has 0 aromatic heterocycles. The molecule has 0 aromatic rings. The number of nitrogens with one attached hydrogen (secondary N) is 2. The number of carbonyl (C=O) groups excluding carboxylic acids is 2. The number of ether oxygens (including phenoxy) is 1. The summed E-state index contributed by atoms with van der Waals surface area (Å²) in [5, 5.41) is 13.2. The predicted molar refractivity (Wildman–Crippen MR) is 63.2 cm³/mol. The van der Waals surface area contributed by atoms with Crippen molar-refractivity contribution in [3.8, 4) is 0 Å². The number of nitrogens with zero attached hydrogens (tertiary/aromatic N) is 1. The molecule has 0 aliphatic rings. The van der Waals surface area contributed by atoms with Crippen molar-refractivity contribution in [2.45, 2.75) is 6.42 Å². The van der Waals surface area contributed by atoms with E-state index in [1.807, 2.05) is 0 Å². The van der Waals surface area contributed by atoms with Crippen LogP contribution >= 0.6 is 0 Å².